The minimum atomic E-state index is -0.414. The van der Waals surface area contributed by atoms with Crippen LogP contribution in [-0.2, 0) is 14.3 Å². The van der Waals surface area contributed by atoms with Crippen molar-refractivity contribution < 1.29 is 14.3 Å². The summed E-state index contributed by atoms with van der Waals surface area (Å²) in [5.74, 6) is 2.54. The summed E-state index contributed by atoms with van der Waals surface area (Å²) in [6, 6.07) is -0.143. The summed E-state index contributed by atoms with van der Waals surface area (Å²) in [6.07, 6.45) is 13.7. The van der Waals surface area contributed by atoms with Crippen molar-refractivity contribution >= 4 is 11.9 Å². The topological polar surface area (TPSA) is 81.4 Å². The molecule has 3 N–H and O–H groups in total. The average molecular weight is 455 g/mol. The van der Waals surface area contributed by atoms with E-state index in [0.29, 0.717) is 29.8 Å². The number of nitrogens with one attached hydrogen (secondary N) is 1. The van der Waals surface area contributed by atoms with Crippen molar-refractivity contribution in [3.05, 3.63) is 23.3 Å². The van der Waals surface area contributed by atoms with Crippen LogP contribution in [0.1, 0.15) is 79.1 Å². The SMILES string of the molecule is CC(C)[C@@H](N)C(=O)N[C@H]1CC[C@@]2(C)[C@H](CC[C@H]3C4=CC[C@H](C5=CC(=O)OC5)[C@@]4(C)CC[C@@H]32)C1. The summed E-state index contributed by atoms with van der Waals surface area (Å²) >= 11 is 0. The maximum atomic E-state index is 12.6. The van der Waals surface area contributed by atoms with Gasteiger partial charge in [-0.15, -0.1) is 0 Å². The second-order valence-corrected chi connectivity index (χ2v) is 12.5. The van der Waals surface area contributed by atoms with Crippen molar-refractivity contribution in [2.75, 3.05) is 6.61 Å². The van der Waals surface area contributed by atoms with Gasteiger partial charge in [-0.25, -0.2) is 4.79 Å². The van der Waals surface area contributed by atoms with Crippen LogP contribution >= 0.6 is 0 Å². The highest BCUT2D eigenvalue weighted by Crippen LogP contribution is 2.66. The largest absolute Gasteiger partial charge is 0.458 e. The Labute approximate surface area is 199 Å². The third-order valence-corrected chi connectivity index (χ3v) is 10.6. The predicted octanol–water partition coefficient (Wildman–Crippen LogP) is 4.52. The van der Waals surface area contributed by atoms with E-state index in [0.717, 1.165) is 25.2 Å². The van der Waals surface area contributed by atoms with Gasteiger partial charge in [0.2, 0.25) is 5.91 Å². The lowest BCUT2D eigenvalue weighted by atomic mass is 9.45. The molecular weight excluding hydrogens is 412 g/mol. The summed E-state index contributed by atoms with van der Waals surface area (Å²) in [5.41, 5.74) is 9.53. The van der Waals surface area contributed by atoms with Gasteiger partial charge in [0.1, 0.15) is 6.61 Å². The van der Waals surface area contributed by atoms with Crippen molar-refractivity contribution in [3.63, 3.8) is 0 Å². The van der Waals surface area contributed by atoms with Crippen LogP contribution < -0.4 is 11.1 Å². The third kappa shape index (κ3) is 3.69. The van der Waals surface area contributed by atoms with Gasteiger partial charge in [0.05, 0.1) is 6.04 Å². The van der Waals surface area contributed by atoms with Gasteiger partial charge in [0.25, 0.3) is 0 Å². The van der Waals surface area contributed by atoms with Crippen LogP contribution in [0.4, 0.5) is 0 Å². The second kappa shape index (κ2) is 8.25. The van der Waals surface area contributed by atoms with E-state index in [1.807, 2.05) is 13.8 Å². The van der Waals surface area contributed by atoms with Gasteiger partial charge in [0.15, 0.2) is 0 Å². The fraction of sp³-hybridized carbons (Fsp3) is 0.786. The molecule has 8 atom stereocenters. The van der Waals surface area contributed by atoms with Gasteiger partial charge in [-0.05, 0) is 97.4 Å². The molecule has 5 rings (SSSR count). The van der Waals surface area contributed by atoms with E-state index < -0.39 is 6.04 Å². The molecule has 182 valence electrons. The lowest BCUT2D eigenvalue weighted by Crippen LogP contribution is -2.55. The maximum absolute atomic E-state index is 12.6. The first-order chi connectivity index (χ1) is 15.6. The highest BCUT2D eigenvalue weighted by molar-refractivity contribution is 5.85. The number of amides is 1. The molecule has 1 aliphatic heterocycles. The average Bonchev–Trinajstić information content (AvgIpc) is 3.35. The highest BCUT2D eigenvalue weighted by atomic mass is 16.5. The standard InChI is InChI=1S/C28H42N2O3/c1-16(2)25(29)26(32)30-19-9-11-27(3)18(14-19)5-6-20-22-8-7-21(17-13-24(31)33-15-17)28(22,4)12-10-23(20)27/h8,13,16,18-21,23,25H,5-7,9-12,14-15,29H2,1-4H3,(H,30,32)/t18-,19+,20+,21-,23+,25-,27+,28-/m1/s1. The van der Waals surface area contributed by atoms with E-state index in [1.54, 1.807) is 11.6 Å². The third-order valence-electron chi connectivity index (χ3n) is 10.6. The van der Waals surface area contributed by atoms with Crippen LogP contribution in [0, 0.1) is 40.4 Å². The zero-order valence-corrected chi connectivity index (χ0v) is 20.9. The number of cyclic esters (lactones) is 1. The number of fused-ring (bicyclic) bond motifs is 5. The molecule has 1 heterocycles. The van der Waals surface area contributed by atoms with Gasteiger partial charge < -0.3 is 15.8 Å². The highest BCUT2D eigenvalue weighted by Gasteiger charge is 2.58. The molecular formula is C28H42N2O3. The molecule has 5 nitrogen and oxygen atoms in total. The van der Waals surface area contributed by atoms with Crippen LogP contribution in [0.25, 0.3) is 0 Å². The summed E-state index contributed by atoms with van der Waals surface area (Å²) in [6.45, 7) is 9.51. The molecule has 0 aromatic rings. The Morgan fingerprint density at radius 1 is 1.18 bits per heavy atom. The summed E-state index contributed by atoms with van der Waals surface area (Å²) < 4.78 is 5.27. The normalized spacial score (nSPS) is 43.1. The number of hydrogen-bond donors (Lipinski definition) is 2. The zero-order chi connectivity index (χ0) is 23.5. The number of allylic oxidation sites excluding steroid dienone is 2. The van der Waals surface area contributed by atoms with Gasteiger partial charge in [0, 0.05) is 12.1 Å². The molecule has 0 bridgehead atoms. The Kier molecular flexibility index (Phi) is 5.78. The lowest BCUT2D eigenvalue weighted by Gasteiger charge is -2.60. The Bertz CT molecular complexity index is 892. The molecule has 3 fully saturated rings. The first-order valence-corrected chi connectivity index (χ1v) is 13.3. The monoisotopic (exact) mass is 454 g/mol. The first kappa shape index (κ1) is 23.1. The first-order valence-electron chi connectivity index (χ1n) is 13.3. The van der Waals surface area contributed by atoms with Crippen molar-refractivity contribution in [1.29, 1.82) is 0 Å². The molecule has 0 radical (unpaired) electrons. The van der Waals surface area contributed by atoms with Crippen molar-refractivity contribution in [1.82, 2.24) is 5.32 Å². The van der Waals surface area contributed by atoms with Gasteiger partial charge in [-0.3, -0.25) is 4.79 Å². The van der Waals surface area contributed by atoms with E-state index >= 15 is 0 Å². The summed E-state index contributed by atoms with van der Waals surface area (Å²) in [5, 5.41) is 3.29. The van der Waals surface area contributed by atoms with Crippen LogP contribution in [0.15, 0.2) is 23.3 Å². The molecule has 0 unspecified atom stereocenters. The number of hydrogen-bond acceptors (Lipinski definition) is 4. The van der Waals surface area contributed by atoms with Crippen molar-refractivity contribution in [2.45, 2.75) is 91.1 Å². The van der Waals surface area contributed by atoms with E-state index in [9.17, 15) is 9.59 Å². The molecule has 3 saturated carbocycles. The van der Waals surface area contributed by atoms with Crippen LogP contribution in [0.5, 0.6) is 0 Å². The minimum absolute atomic E-state index is 0.0200. The number of ether oxygens (including phenoxy) is 1. The fourth-order valence-electron chi connectivity index (χ4n) is 8.47. The molecule has 33 heavy (non-hydrogen) atoms. The van der Waals surface area contributed by atoms with Gasteiger partial charge in [-0.1, -0.05) is 39.3 Å². The maximum Gasteiger partial charge on any atom is 0.331 e. The predicted molar refractivity (Wildman–Crippen MR) is 129 cm³/mol. The number of nitrogens with two attached hydrogens (primary N) is 1. The molecule has 1 amide bonds. The minimum Gasteiger partial charge on any atom is -0.458 e. The number of carbonyl (C=O) groups excluding carboxylic acids is 2. The summed E-state index contributed by atoms with van der Waals surface area (Å²) in [4.78, 5) is 24.3. The second-order valence-electron chi connectivity index (χ2n) is 12.5. The van der Waals surface area contributed by atoms with Crippen LogP contribution in [-0.4, -0.2) is 30.6 Å². The smallest absolute Gasteiger partial charge is 0.331 e. The fourth-order valence-corrected chi connectivity index (χ4v) is 8.47. The molecule has 5 aliphatic rings. The Hall–Kier alpha value is -1.62. The molecule has 0 aromatic carbocycles. The van der Waals surface area contributed by atoms with Crippen molar-refractivity contribution in [2.24, 2.45) is 46.2 Å². The van der Waals surface area contributed by atoms with E-state index in [-0.39, 0.29) is 29.3 Å². The van der Waals surface area contributed by atoms with Crippen LogP contribution in [0.2, 0.25) is 0 Å². The lowest BCUT2D eigenvalue weighted by molar-refractivity contribution is -0.135. The Balaban J connectivity index is 1.29. The molecule has 5 heteroatoms. The van der Waals surface area contributed by atoms with E-state index in [4.69, 9.17) is 10.5 Å². The molecule has 0 saturated heterocycles. The molecule has 0 aromatic heterocycles. The van der Waals surface area contributed by atoms with E-state index in [1.165, 1.54) is 37.7 Å². The Morgan fingerprint density at radius 3 is 2.67 bits per heavy atom. The zero-order valence-electron chi connectivity index (χ0n) is 20.9. The molecule has 4 aliphatic carbocycles. The Morgan fingerprint density at radius 2 is 1.97 bits per heavy atom. The van der Waals surface area contributed by atoms with Crippen LogP contribution in [0.3, 0.4) is 0 Å². The molecule has 0 spiro atoms. The number of esters is 1. The number of rotatable bonds is 4. The van der Waals surface area contributed by atoms with Gasteiger partial charge >= 0.3 is 5.97 Å². The quantitative estimate of drug-likeness (QED) is 0.483. The van der Waals surface area contributed by atoms with Crippen molar-refractivity contribution in [3.8, 4) is 0 Å². The van der Waals surface area contributed by atoms with E-state index in [2.05, 4.69) is 25.2 Å². The van der Waals surface area contributed by atoms with Gasteiger partial charge in [-0.2, -0.15) is 0 Å². The number of carbonyl (C=O) groups is 2. The summed E-state index contributed by atoms with van der Waals surface area (Å²) in [7, 11) is 0.